The van der Waals surface area contributed by atoms with Gasteiger partial charge in [0.25, 0.3) is 0 Å². The van der Waals surface area contributed by atoms with Gasteiger partial charge in [-0.25, -0.2) is 0 Å². The van der Waals surface area contributed by atoms with Gasteiger partial charge in [-0.3, -0.25) is 0 Å². The Morgan fingerprint density at radius 1 is 0.250 bits per heavy atom. The Morgan fingerprint density at radius 3 is 0.519 bits per heavy atom. The Balaban J connectivity index is 0.000000156. The Kier molecular flexibility index (Phi) is 15.3. The van der Waals surface area contributed by atoms with Crippen molar-refractivity contribution in [3.05, 3.63) is 215 Å². The fourth-order valence-electron chi connectivity index (χ4n) is 5.96. The standard InChI is InChI=1S/2C19H16O.C8H16O4/c2*20-19(16-10-4-1-5-11-16,17-12-6-2-7-13-17)18-14-8-3-9-15-18;1-2-10-5-6-12-8-7-11-4-3-9-1/h2*1-15,20H;1-8H2. The third-order valence-corrected chi connectivity index (χ3v) is 8.64. The maximum atomic E-state index is 11.4. The molecule has 7 rings (SSSR count). The van der Waals surface area contributed by atoms with Crippen LogP contribution in [0.25, 0.3) is 0 Å². The topological polar surface area (TPSA) is 77.4 Å². The SMILES string of the molecule is C1COCCOCCOCCO1.OC(c1ccccc1)(c1ccccc1)c1ccccc1.OC(c1ccccc1)(c1ccccc1)c1ccccc1. The average Bonchev–Trinajstić information content (AvgIpc) is 3.23. The zero-order valence-corrected chi connectivity index (χ0v) is 29.5. The molecule has 6 heteroatoms. The molecule has 0 radical (unpaired) electrons. The van der Waals surface area contributed by atoms with Gasteiger partial charge in [-0.2, -0.15) is 0 Å². The zero-order valence-electron chi connectivity index (χ0n) is 29.5. The number of hydrogen-bond acceptors (Lipinski definition) is 6. The van der Waals surface area contributed by atoms with Crippen molar-refractivity contribution in [2.45, 2.75) is 11.2 Å². The predicted octanol–water partition coefficient (Wildman–Crippen LogP) is 8.01. The molecule has 268 valence electrons. The maximum Gasteiger partial charge on any atom is 0.140 e. The molecule has 52 heavy (non-hydrogen) atoms. The van der Waals surface area contributed by atoms with Gasteiger partial charge in [0.15, 0.2) is 0 Å². The van der Waals surface area contributed by atoms with E-state index in [1.807, 2.05) is 182 Å². The van der Waals surface area contributed by atoms with Crippen LogP contribution in [-0.4, -0.2) is 63.1 Å². The summed E-state index contributed by atoms with van der Waals surface area (Å²) in [7, 11) is 0. The molecule has 0 amide bonds. The third-order valence-electron chi connectivity index (χ3n) is 8.64. The quantitative estimate of drug-likeness (QED) is 0.172. The maximum absolute atomic E-state index is 11.4. The van der Waals surface area contributed by atoms with Crippen LogP contribution in [0.2, 0.25) is 0 Å². The van der Waals surface area contributed by atoms with E-state index < -0.39 is 11.2 Å². The molecule has 0 atom stereocenters. The summed E-state index contributed by atoms with van der Waals surface area (Å²) in [6.07, 6.45) is 0. The summed E-state index contributed by atoms with van der Waals surface area (Å²) in [5, 5.41) is 22.9. The van der Waals surface area contributed by atoms with Crippen molar-refractivity contribution >= 4 is 0 Å². The van der Waals surface area contributed by atoms with E-state index >= 15 is 0 Å². The van der Waals surface area contributed by atoms with E-state index in [0.29, 0.717) is 52.9 Å². The molecule has 0 saturated carbocycles. The van der Waals surface area contributed by atoms with Gasteiger partial charge in [-0.15, -0.1) is 0 Å². The van der Waals surface area contributed by atoms with Crippen LogP contribution in [0, 0.1) is 0 Å². The van der Waals surface area contributed by atoms with Gasteiger partial charge in [0.2, 0.25) is 0 Å². The molecular weight excluding hydrogens is 649 g/mol. The second-order valence-corrected chi connectivity index (χ2v) is 12.1. The van der Waals surface area contributed by atoms with E-state index in [0.717, 1.165) is 33.4 Å². The summed E-state index contributed by atoms with van der Waals surface area (Å²) >= 11 is 0. The largest absolute Gasteiger partial charge is 0.377 e. The number of rotatable bonds is 6. The molecule has 0 bridgehead atoms. The smallest absolute Gasteiger partial charge is 0.140 e. The highest BCUT2D eigenvalue weighted by molar-refractivity contribution is 5.48. The Labute approximate surface area is 307 Å². The van der Waals surface area contributed by atoms with Gasteiger partial charge >= 0.3 is 0 Å². The molecule has 0 unspecified atom stereocenters. The first-order chi connectivity index (χ1) is 25.6. The summed E-state index contributed by atoms with van der Waals surface area (Å²) in [6, 6.07) is 58.7. The summed E-state index contributed by atoms with van der Waals surface area (Å²) < 4.78 is 20.9. The van der Waals surface area contributed by atoms with Crippen LogP contribution in [0.4, 0.5) is 0 Å². The van der Waals surface area contributed by atoms with Crippen molar-refractivity contribution < 1.29 is 29.2 Å². The lowest BCUT2D eigenvalue weighted by atomic mass is 9.80. The second kappa shape index (κ2) is 20.8. The highest BCUT2D eigenvalue weighted by atomic mass is 16.6. The molecule has 1 saturated heterocycles. The molecular formula is C46H48O6. The highest BCUT2D eigenvalue weighted by Crippen LogP contribution is 2.37. The minimum absolute atomic E-state index is 0.642. The van der Waals surface area contributed by atoms with Crippen molar-refractivity contribution in [3.8, 4) is 0 Å². The van der Waals surface area contributed by atoms with Crippen LogP contribution in [0.3, 0.4) is 0 Å². The lowest BCUT2D eigenvalue weighted by molar-refractivity contribution is -0.0334. The van der Waals surface area contributed by atoms with Gasteiger partial charge in [-0.05, 0) is 33.4 Å². The highest BCUT2D eigenvalue weighted by Gasteiger charge is 2.34. The molecule has 0 aromatic heterocycles. The van der Waals surface area contributed by atoms with E-state index in [9.17, 15) is 10.2 Å². The van der Waals surface area contributed by atoms with Crippen LogP contribution in [0.1, 0.15) is 33.4 Å². The Hall–Kier alpha value is -4.92. The monoisotopic (exact) mass is 696 g/mol. The summed E-state index contributed by atoms with van der Waals surface area (Å²) in [5.74, 6) is 0. The minimum Gasteiger partial charge on any atom is -0.377 e. The molecule has 1 aliphatic heterocycles. The molecule has 0 aliphatic carbocycles. The molecule has 6 aromatic rings. The predicted molar refractivity (Wildman–Crippen MR) is 206 cm³/mol. The molecule has 1 heterocycles. The fraction of sp³-hybridized carbons (Fsp3) is 0.217. The van der Waals surface area contributed by atoms with Gasteiger partial charge in [0.1, 0.15) is 11.2 Å². The van der Waals surface area contributed by atoms with E-state index in [1.54, 1.807) is 0 Å². The van der Waals surface area contributed by atoms with Crippen LogP contribution in [0.15, 0.2) is 182 Å². The van der Waals surface area contributed by atoms with E-state index in [-0.39, 0.29) is 0 Å². The Bertz CT molecular complexity index is 1430. The van der Waals surface area contributed by atoms with Crippen molar-refractivity contribution in [2.24, 2.45) is 0 Å². The zero-order chi connectivity index (χ0) is 36.2. The first-order valence-electron chi connectivity index (χ1n) is 17.7. The molecule has 0 spiro atoms. The van der Waals surface area contributed by atoms with Gasteiger partial charge in [-0.1, -0.05) is 182 Å². The van der Waals surface area contributed by atoms with Crippen molar-refractivity contribution in [2.75, 3.05) is 52.9 Å². The molecule has 1 fully saturated rings. The van der Waals surface area contributed by atoms with Crippen molar-refractivity contribution in [1.29, 1.82) is 0 Å². The average molecular weight is 697 g/mol. The molecule has 1 aliphatic rings. The summed E-state index contributed by atoms with van der Waals surface area (Å²) in [5.41, 5.74) is 2.99. The van der Waals surface area contributed by atoms with E-state index in [2.05, 4.69) is 0 Å². The third kappa shape index (κ3) is 10.6. The lowest BCUT2D eigenvalue weighted by Gasteiger charge is -2.30. The van der Waals surface area contributed by atoms with Crippen molar-refractivity contribution in [1.82, 2.24) is 0 Å². The lowest BCUT2D eigenvalue weighted by Crippen LogP contribution is -2.28. The van der Waals surface area contributed by atoms with Crippen LogP contribution >= 0.6 is 0 Å². The molecule has 2 N–H and O–H groups in total. The number of aliphatic hydroxyl groups is 2. The van der Waals surface area contributed by atoms with Crippen LogP contribution in [0.5, 0.6) is 0 Å². The first kappa shape index (κ1) is 38.3. The number of benzene rings is 6. The van der Waals surface area contributed by atoms with Crippen molar-refractivity contribution in [3.63, 3.8) is 0 Å². The summed E-state index contributed by atoms with van der Waals surface area (Å²) in [6.45, 7) is 5.14. The van der Waals surface area contributed by atoms with E-state index in [4.69, 9.17) is 18.9 Å². The van der Waals surface area contributed by atoms with E-state index in [1.165, 1.54) is 0 Å². The van der Waals surface area contributed by atoms with Gasteiger partial charge in [0.05, 0.1) is 52.9 Å². The summed E-state index contributed by atoms with van der Waals surface area (Å²) in [4.78, 5) is 0. The number of ether oxygens (including phenoxy) is 4. The van der Waals surface area contributed by atoms with Crippen LogP contribution < -0.4 is 0 Å². The first-order valence-corrected chi connectivity index (χ1v) is 17.7. The second-order valence-electron chi connectivity index (χ2n) is 12.1. The van der Waals surface area contributed by atoms with Crippen LogP contribution in [-0.2, 0) is 30.1 Å². The number of hydrogen-bond donors (Lipinski definition) is 2. The minimum atomic E-state index is -1.12. The van der Waals surface area contributed by atoms with Gasteiger partial charge in [0, 0.05) is 0 Å². The molecule has 6 nitrogen and oxygen atoms in total. The molecule has 6 aromatic carbocycles. The fourth-order valence-corrected chi connectivity index (χ4v) is 5.96. The Morgan fingerprint density at radius 2 is 0.385 bits per heavy atom. The normalized spacial score (nSPS) is 14.2. The van der Waals surface area contributed by atoms with Gasteiger partial charge < -0.3 is 29.2 Å².